The third-order valence-electron chi connectivity index (χ3n) is 2.93. The molecule has 0 radical (unpaired) electrons. The molecule has 1 saturated carbocycles. The molecule has 0 amide bonds. The van der Waals surface area contributed by atoms with Crippen molar-refractivity contribution in [1.82, 2.24) is 0 Å². The first-order valence-electron chi connectivity index (χ1n) is 5.38. The fraction of sp³-hybridized carbons (Fsp3) is 0.900. The van der Waals surface area contributed by atoms with Crippen molar-refractivity contribution in [2.75, 3.05) is 6.26 Å². The summed E-state index contributed by atoms with van der Waals surface area (Å²) in [5.41, 5.74) is 0. The molecule has 0 aromatic heterocycles. The second kappa shape index (κ2) is 5.14. The van der Waals surface area contributed by atoms with Crippen molar-refractivity contribution in [2.45, 2.75) is 50.1 Å². The zero-order valence-corrected chi connectivity index (χ0v) is 10.4. The minimum absolute atomic E-state index is 0.250. The van der Waals surface area contributed by atoms with Crippen molar-refractivity contribution < 1.29 is 23.1 Å². The number of carboxylic acids is 1. The van der Waals surface area contributed by atoms with Gasteiger partial charge in [0.15, 0.2) is 6.10 Å². The van der Waals surface area contributed by atoms with Crippen LogP contribution in [0.5, 0.6) is 0 Å². The monoisotopic (exact) mass is 250 g/mol. The largest absolute Gasteiger partial charge is 0.479 e. The summed E-state index contributed by atoms with van der Waals surface area (Å²) in [5, 5.41) is 8.31. The Hall–Kier alpha value is -0.620. The molecule has 0 heterocycles. The smallest absolute Gasteiger partial charge is 0.332 e. The van der Waals surface area contributed by atoms with Gasteiger partial charge in [0.1, 0.15) is 9.84 Å². The van der Waals surface area contributed by atoms with Crippen LogP contribution >= 0.6 is 0 Å². The first-order valence-corrected chi connectivity index (χ1v) is 7.33. The molecule has 94 valence electrons. The first kappa shape index (κ1) is 13.4. The summed E-state index contributed by atoms with van der Waals surface area (Å²) in [5.74, 6) is -1.01. The van der Waals surface area contributed by atoms with Crippen molar-refractivity contribution in [2.24, 2.45) is 0 Å². The summed E-state index contributed by atoms with van der Waals surface area (Å²) in [6.07, 6.45) is 2.68. The maximum absolute atomic E-state index is 11.4. The van der Waals surface area contributed by atoms with Gasteiger partial charge < -0.3 is 9.84 Å². The highest BCUT2D eigenvalue weighted by molar-refractivity contribution is 7.91. The van der Waals surface area contributed by atoms with Crippen molar-refractivity contribution in [3.8, 4) is 0 Å². The average molecular weight is 250 g/mol. The molecule has 6 heteroatoms. The third-order valence-corrected chi connectivity index (χ3v) is 4.57. The van der Waals surface area contributed by atoms with Gasteiger partial charge in [-0.25, -0.2) is 13.2 Å². The van der Waals surface area contributed by atoms with Gasteiger partial charge in [-0.15, -0.1) is 0 Å². The Kier molecular flexibility index (Phi) is 4.32. The minimum atomic E-state index is -3.04. The number of hydrogen-bond acceptors (Lipinski definition) is 4. The van der Waals surface area contributed by atoms with Crippen LogP contribution in [0.1, 0.15) is 32.6 Å². The van der Waals surface area contributed by atoms with Crippen molar-refractivity contribution in [3.05, 3.63) is 0 Å². The quantitative estimate of drug-likeness (QED) is 0.799. The lowest BCUT2D eigenvalue weighted by molar-refractivity contribution is -0.153. The fourth-order valence-electron chi connectivity index (χ4n) is 1.96. The topological polar surface area (TPSA) is 80.7 Å². The number of carboxylic acid groups (broad SMARTS) is 1. The van der Waals surface area contributed by atoms with Crippen LogP contribution in [-0.2, 0) is 19.4 Å². The van der Waals surface area contributed by atoms with Crippen LogP contribution in [-0.4, -0.2) is 43.2 Å². The maximum atomic E-state index is 11.4. The zero-order valence-electron chi connectivity index (χ0n) is 9.55. The lowest BCUT2D eigenvalue weighted by atomic mass is 9.97. The SMILES string of the molecule is C[C@@H](OC1CCCC(S(C)(=O)=O)C1)C(=O)O. The molecule has 1 N–H and O–H groups in total. The molecule has 0 aromatic rings. The Labute approximate surface area is 95.7 Å². The van der Waals surface area contributed by atoms with Gasteiger partial charge in [-0.1, -0.05) is 0 Å². The van der Waals surface area contributed by atoms with Gasteiger partial charge in [-0.3, -0.25) is 0 Å². The van der Waals surface area contributed by atoms with E-state index in [0.717, 1.165) is 12.8 Å². The van der Waals surface area contributed by atoms with Crippen LogP contribution in [0.15, 0.2) is 0 Å². The molecule has 1 aliphatic rings. The van der Waals surface area contributed by atoms with Gasteiger partial charge in [0.25, 0.3) is 0 Å². The lowest BCUT2D eigenvalue weighted by Crippen LogP contribution is -2.35. The number of hydrogen-bond donors (Lipinski definition) is 1. The van der Waals surface area contributed by atoms with E-state index in [2.05, 4.69) is 0 Å². The van der Waals surface area contributed by atoms with E-state index in [1.807, 2.05) is 0 Å². The summed E-state index contributed by atoms with van der Waals surface area (Å²) in [6, 6.07) is 0. The van der Waals surface area contributed by atoms with Gasteiger partial charge in [0.05, 0.1) is 11.4 Å². The molecule has 0 aliphatic heterocycles. The van der Waals surface area contributed by atoms with Crippen LogP contribution < -0.4 is 0 Å². The van der Waals surface area contributed by atoms with Gasteiger partial charge in [0, 0.05) is 6.26 Å². The Morgan fingerprint density at radius 3 is 2.56 bits per heavy atom. The van der Waals surface area contributed by atoms with E-state index in [-0.39, 0.29) is 11.4 Å². The molecular weight excluding hydrogens is 232 g/mol. The Bertz CT molecular complexity index is 348. The molecule has 1 aliphatic carbocycles. The second-order valence-corrected chi connectivity index (χ2v) is 6.68. The van der Waals surface area contributed by atoms with Crippen LogP contribution in [0.25, 0.3) is 0 Å². The Morgan fingerprint density at radius 2 is 2.06 bits per heavy atom. The van der Waals surface area contributed by atoms with E-state index >= 15 is 0 Å². The number of carbonyl (C=O) groups is 1. The molecule has 1 fully saturated rings. The highest BCUT2D eigenvalue weighted by Crippen LogP contribution is 2.26. The fourth-order valence-corrected chi connectivity index (χ4v) is 3.12. The van der Waals surface area contributed by atoms with E-state index in [0.29, 0.717) is 12.8 Å². The van der Waals surface area contributed by atoms with Crippen LogP contribution in [0, 0.1) is 0 Å². The number of aliphatic carboxylic acids is 1. The molecule has 5 nitrogen and oxygen atoms in total. The normalized spacial score (nSPS) is 28.6. The summed E-state index contributed by atoms with van der Waals surface area (Å²) in [6.45, 7) is 1.46. The Morgan fingerprint density at radius 1 is 1.44 bits per heavy atom. The molecule has 0 saturated heterocycles. The standard InChI is InChI=1S/C10H18O5S/c1-7(10(11)12)15-8-4-3-5-9(6-8)16(2,13)14/h7-9H,3-6H2,1-2H3,(H,11,12)/t7-,8?,9?/m1/s1. The maximum Gasteiger partial charge on any atom is 0.332 e. The van der Waals surface area contributed by atoms with Crippen molar-refractivity contribution in [1.29, 1.82) is 0 Å². The predicted octanol–water partition coefficient (Wildman–Crippen LogP) is 0.832. The lowest BCUT2D eigenvalue weighted by Gasteiger charge is -2.29. The van der Waals surface area contributed by atoms with Crippen molar-refractivity contribution >= 4 is 15.8 Å². The molecule has 1 rings (SSSR count). The second-order valence-electron chi connectivity index (χ2n) is 4.36. The van der Waals surface area contributed by atoms with E-state index in [1.165, 1.54) is 13.2 Å². The van der Waals surface area contributed by atoms with Gasteiger partial charge >= 0.3 is 5.97 Å². The van der Waals surface area contributed by atoms with E-state index in [4.69, 9.17) is 9.84 Å². The number of sulfone groups is 1. The molecule has 0 aromatic carbocycles. The highest BCUT2D eigenvalue weighted by Gasteiger charge is 2.31. The van der Waals surface area contributed by atoms with Crippen LogP contribution in [0.2, 0.25) is 0 Å². The summed E-state index contributed by atoms with van der Waals surface area (Å²) in [4.78, 5) is 10.6. The molecule has 2 unspecified atom stereocenters. The molecule has 0 spiro atoms. The van der Waals surface area contributed by atoms with Crippen molar-refractivity contribution in [3.63, 3.8) is 0 Å². The predicted molar refractivity (Wildman–Crippen MR) is 59.1 cm³/mol. The third kappa shape index (κ3) is 3.75. The van der Waals surface area contributed by atoms with E-state index in [9.17, 15) is 13.2 Å². The summed E-state index contributed by atoms with van der Waals surface area (Å²) >= 11 is 0. The molecular formula is C10H18O5S. The summed E-state index contributed by atoms with van der Waals surface area (Å²) in [7, 11) is -3.04. The Balaban J connectivity index is 2.55. The first-order chi connectivity index (χ1) is 7.30. The number of ether oxygens (including phenoxy) is 1. The zero-order chi connectivity index (χ0) is 12.3. The van der Waals surface area contributed by atoms with Crippen LogP contribution in [0.4, 0.5) is 0 Å². The average Bonchev–Trinajstić information content (AvgIpc) is 2.16. The van der Waals surface area contributed by atoms with E-state index in [1.54, 1.807) is 0 Å². The minimum Gasteiger partial charge on any atom is -0.479 e. The summed E-state index contributed by atoms with van der Waals surface area (Å²) < 4.78 is 28.1. The molecule has 0 bridgehead atoms. The highest BCUT2D eigenvalue weighted by atomic mass is 32.2. The molecule has 16 heavy (non-hydrogen) atoms. The number of rotatable bonds is 4. The van der Waals surface area contributed by atoms with Gasteiger partial charge in [0.2, 0.25) is 0 Å². The van der Waals surface area contributed by atoms with E-state index < -0.39 is 21.9 Å². The van der Waals surface area contributed by atoms with Crippen LogP contribution in [0.3, 0.4) is 0 Å². The molecule has 3 atom stereocenters. The van der Waals surface area contributed by atoms with Gasteiger partial charge in [-0.05, 0) is 32.6 Å². The van der Waals surface area contributed by atoms with Gasteiger partial charge in [-0.2, -0.15) is 0 Å².